The van der Waals surface area contributed by atoms with E-state index >= 15 is 0 Å². The van der Waals surface area contributed by atoms with Crippen LogP contribution in [0.25, 0.3) is 0 Å². The van der Waals surface area contributed by atoms with E-state index in [1.807, 2.05) is 0 Å². The number of esters is 2. The zero-order valence-corrected chi connectivity index (χ0v) is 9.56. The summed E-state index contributed by atoms with van der Waals surface area (Å²) in [5, 5.41) is 10.0. The van der Waals surface area contributed by atoms with Crippen LogP contribution in [0.1, 0.15) is 27.2 Å². The number of aliphatic hydroxyl groups is 1. The number of carbonyl (C=O) groups is 2. The van der Waals surface area contributed by atoms with Gasteiger partial charge in [-0.2, -0.15) is 0 Å². The molecular weight excluding hydrogens is 216 g/mol. The van der Waals surface area contributed by atoms with Gasteiger partial charge in [0.2, 0.25) is 5.79 Å². The molecule has 1 aliphatic heterocycles. The molecule has 0 aromatic carbocycles. The highest BCUT2D eigenvalue weighted by atomic mass is 16.7. The van der Waals surface area contributed by atoms with E-state index in [-0.39, 0.29) is 12.7 Å². The summed E-state index contributed by atoms with van der Waals surface area (Å²) in [6, 6.07) is 0. The fourth-order valence-electron chi connectivity index (χ4n) is 1.63. The maximum atomic E-state index is 10.8. The third kappa shape index (κ3) is 3.18. The van der Waals surface area contributed by atoms with E-state index < -0.39 is 23.8 Å². The second kappa shape index (κ2) is 4.80. The molecular formula is C10H16O6. The molecule has 0 amide bonds. The molecule has 3 atom stereocenters. The van der Waals surface area contributed by atoms with Crippen molar-refractivity contribution in [2.45, 2.75) is 45.2 Å². The zero-order chi connectivity index (χ0) is 12.3. The van der Waals surface area contributed by atoms with Crippen molar-refractivity contribution in [1.29, 1.82) is 0 Å². The first-order valence-electron chi connectivity index (χ1n) is 5.04. The van der Waals surface area contributed by atoms with Crippen molar-refractivity contribution >= 4 is 11.9 Å². The monoisotopic (exact) mass is 232 g/mol. The van der Waals surface area contributed by atoms with Crippen molar-refractivity contribution in [1.82, 2.24) is 0 Å². The van der Waals surface area contributed by atoms with Crippen LogP contribution in [0, 0.1) is 0 Å². The second-order valence-corrected chi connectivity index (χ2v) is 3.89. The molecule has 1 N–H and O–H groups in total. The van der Waals surface area contributed by atoms with Gasteiger partial charge in [0.15, 0.2) is 6.10 Å². The van der Waals surface area contributed by atoms with E-state index in [1.54, 1.807) is 6.92 Å². The van der Waals surface area contributed by atoms with E-state index in [0.717, 1.165) is 0 Å². The van der Waals surface area contributed by atoms with Crippen molar-refractivity contribution in [2.75, 3.05) is 6.61 Å². The average molecular weight is 232 g/mol. The van der Waals surface area contributed by atoms with Gasteiger partial charge in [0.05, 0.1) is 6.10 Å². The molecule has 0 aliphatic carbocycles. The van der Waals surface area contributed by atoms with E-state index in [1.165, 1.54) is 13.8 Å². The topological polar surface area (TPSA) is 82.1 Å². The number of hydrogen-bond donors (Lipinski definition) is 1. The molecule has 6 nitrogen and oxygen atoms in total. The lowest BCUT2D eigenvalue weighted by Gasteiger charge is -2.27. The molecule has 1 fully saturated rings. The van der Waals surface area contributed by atoms with Gasteiger partial charge in [0.1, 0.15) is 6.61 Å². The molecule has 6 heteroatoms. The molecule has 0 aromatic rings. The van der Waals surface area contributed by atoms with Crippen LogP contribution in [0.3, 0.4) is 0 Å². The molecule has 1 aliphatic rings. The van der Waals surface area contributed by atoms with Crippen molar-refractivity contribution in [3.8, 4) is 0 Å². The number of hydrogen-bond acceptors (Lipinski definition) is 6. The minimum absolute atomic E-state index is 0.259. The predicted octanol–water partition coefficient (Wildman–Crippen LogP) is -0.0214. The Bertz CT molecular complexity index is 289. The first-order valence-corrected chi connectivity index (χ1v) is 5.04. The number of rotatable bonds is 3. The van der Waals surface area contributed by atoms with Crippen LogP contribution < -0.4 is 0 Å². The third-order valence-electron chi connectivity index (χ3n) is 2.24. The van der Waals surface area contributed by atoms with Crippen LogP contribution in [0.2, 0.25) is 0 Å². The molecule has 0 spiro atoms. The fraction of sp³-hybridized carbons (Fsp3) is 0.800. The van der Waals surface area contributed by atoms with Crippen LogP contribution in [0.15, 0.2) is 0 Å². The Kier molecular flexibility index (Phi) is 3.88. The largest absolute Gasteiger partial charge is 0.460 e. The van der Waals surface area contributed by atoms with E-state index in [2.05, 4.69) is 4.74 Å². The number of carbonyl (C=O) groups excluding carboxylic acids is 2. The van der Waals surface area contributed by atoms with Gasteiger partial charge in [-0.15, -0.1) is 0 Å². The molecule has 0 aromatic heterocycles. The Morgan fingerprint density at radius 2 is 2.06 bits per heavy atom. The standard InChI is InChI=1S/C10H16O6/c1-6-4-9(15-8(3)12)10(13,16-6)5-14-7(2)11/h6,9,13H,4-5H2,1-3H3/t6-,9+,10-/m1/s1. The minimum Gasteiger partial charge on any atom is -0.460 e. The molecule has 1 rings (SSSR count). The molecule has 0 bridgehead atoms. The van der Waals surface area contributed by atoms with Gasteiger partial charge in [-0.25, -0.2) is 0 Å². The predicted molar refractivity (Wildman–Crippen MR) is 52.3 cm³/mol. The molecule has 92 valence electrons. The highest BCUT2D eigenvalue weighted by molar-refractivity contribution is 5.66. The summed E-state index contributed by atoms with van der Waals surface area (Å²) in [6.45, 7) is 3.87. The van der Waals surface area contributed by atoms with Crippen LogP contribution in [0.4, 0.5) is 0 Å². The summed E-state index contributed by atoms with van der Waals surface area (Å²) in [4.78, 5) is 21.5. The quantitative estimate of drug-likeness (QED) is 0.688. The van der Waals surface area contributed by atoms with Gasteiger partial charge in [-0.1, -0.05) is 0 Å². The van der Waals surface area contributed by atoms with Gasteiger partial charge < -0.3 is 19.3 Å². The van der Waals surface area contributed by atoms with E-state index in [9.17, 15) is 14.7 Å². The van der Waals surface area contributed by atoms with Crippen LogP contribution in [0.5, 0.6) is 0 Å². The van der Waals surface area contributed by atoms with Gasteiger partial charge in [0.25, 0.3) is 0 Å². The summed E-state index contributed by atoms with van der Waals surface area (Å²) in [6.07, 6.45) is -0.693. The van der Waals surface area contributed by atoms with Gasteiger partial charge >= 0.3 is 11.9 Å². The smallest absolute Gasteiger partial charge is 0.303 e. The van der Waals surface area contributed by atoms with Gasteiger partial charge in [-0.3, -0.25) is 9.59 Å². The Hall–Kier alpha value is -1.14. The summed E-state index contributed by atoms with van der Waals surface area (Å²) in [5.74, 6) is -2.78. The maximum Gasteiger partial charge on any atom is 0.303 e. The molecule has 1 heterocycles. The first kappa shape index (κ1) is 12.9. The molecule has 1 saturated heterocycles. The van der Waals surface area contributed by atoms with E-state index in [0.29, 0.717) is 6.42 Å². The normalized spacial score (nSPS) is 33.5. The lowest BCUT2D eigenvalue weighted by atomic mass is 10.1. The fourth-order valence-corrected chi connectivity index (χ4v) is 1.63. The highest BCUT2D eigenvalue weighted by Crippen LogP contribution is 2.31. The molecule has 16 heavy (non-hydrogen) atoms. The molecule has 0 saturated carbocycles. The minimum atomic E-state index is -1.74. The van der Waals surface area contributed by atoms with Crippen LogP contribution in [-0.4, -0.2) is 41.6 Å². The van der Waals surface area contributed by atoms with Crippen molar-refractivity contribution in [2.24, 2.45) is 0 Å². The highest BCUT2D eigenvalue weighted by Gasteiger charge is 2.49. The average Bonchev–Trinajstić information content (AvgIpc) is 2.38. The van der Waals surface area contributed by atoms with E-state index in [4.69, 9.17) is 9.47 Å². The molecule has 0 radical (unpaired) electrons. The zero-order valence-electron chi connectivity index (χ0n) is 9.56. The van der Waals surface area contributed by atoms with Crippen molar-refractivity contribution in [3.63, 3.8) is 0 Å². The third-order valence-corrected chi connectivity index (χ3v) is 2.24. The summed E-state index contributed by atoms with van der Waals surface area (Å²) >= 11 is 0. The van der Waals surface area contributed by atoms with Gasteiger partial charge in [-0.05, 0) is 6.92 Å². The van der Waals surface area contributed by atoms with Crippen molar-refractivity contribution in [3.05, 3.63) is 0 Å². The SMILES string of the molecule is CC(=O)OC[C@@]1(O)O[C@H](C)C[C@@H]1OC(C)=O. The summed E-state index contributed by atoms with van der Waals surface area (Å²) in [7, 11) is 0. The van der Waals surface area contributed by atoms with Crippen LogP contribution >= 0.6 is 0 Å². The van der Waals surface area contributed by atoms with Crippen LogP contribution in [-0.2, 0) is 23.8 Å². The Morgan fingerprint density at radius 1 is 1.44 bits per heavy atom. The summed E-state index contributed by atoms with van der Waals surface area (Å²) < 4.78 is 14.8. The first-order chi connectivity index (χ1) is 7.33. The number of ether oxygens (including phenoxy) is 3. The molecule has 0 unspecified atom stereocenters. The lowest BCUT2D eigenvalue weighted by Crippen LogP contribution is -2.46. The summed E-state index contributed by atoms with van der Waals surface area (Å²) in [5.41, 5.74) is 0. The maximum absolute atomic E-state index is 10.8. The lowest BCUT2D eigenvalue weighted by molar-refractivity contribution is -0.252. The van der Waals surface area contributed by atoms with Gasteiger partial charge in [0, 0.05) is 20.3 Å². The van der Waals surface area contributed by atoms with Crippen molar-refractivity contribution < 1.29 is 28.9 Å². The second-order valence-electron chi connectivity index (χ2n) is 3.89. The Labute approximate surface area is 93.5 Å². The Morgan fingerprint density at radius 3 is 2.56 bits per heavy atom. The Balaban J connectivity index is 2.65.